The highest BCUT2D eigenvalue weighted by atomic mass is 19.4. The molecule has 204 valence electrons. The second-order valence-electron chi connectivity index (χ2n) is 9.87. The van der Waals surface area contributed by atoms with Crippen LogP contribution in [0.4, 0.5) is 18.9 Å². The van der Waals surface area contributed by atoms with Crippen LogP contribution in [0.5, 0.6) is 5.75 Å². The van der Waals surface area contributed by atoms with E-state index in [4.69, 9.17) is 5.26 Å². The highest BCUT2D eigenvalue weighted by Gasteiger charge is 2.40. The third-order valence-electron chi connectivity index (χ3n) is 6.52. The number of imidazole rings is 1. The normalized spacial score (nSPS) is 16.1. The molecule has 8 nitrogen and oxygen atoms in total. The molecule has 1 aromatic heterocycles. The van der Waals surface area contributed by atoms with Crippen LogP contribution in [0.1, 0.15) is 42.9 Å². The summed E-state index contributed by atoms with van der Waals surface area (Å²) in [5.41, 5.74) is 2.39. The van der Waals surface area contributed by atoms with E-state index >= 15 is 0 Å². The lowest BCUT2D eigenvalue weighted by Gasteiger charge is -2.41. The lowest BCUT2D eigenvalue weighted by molar-refractivity contribution is -0.274. The number of benzene rings is 2. The van der Waals surface area contributed by atoms with Crippen molar-refractivity contribution in [3.8, 4) is 11.8 Å². The summed E-state index contributed by atoms with van der Waals surface area (Å²) in [4.78, 5) is 33.8. The molecule has 1 aliphatic rings. The Bertz CT molecular complexity index is 1390. The van der Waals surface area contributed by atoms with E-state index in [9.17, 15) is 22.8 Å². The number of carbonyl (C=O) groups excluding carboxylic acids is 2. The molecule has 0 N–H and O–H groups in total. The first-order valence-electron chi connectivity index (χ1n) is 12.4. The van der Waals surface area contributed by atoms with Gasteiger partial charge in [0.15, 0.2) is 0 Å². The van der Waals surface area contributed by atoms with Crippen LogP contribution < -0.4 is 9.64 Å². The second kappa shape index (κ2) is 11.2. The van der Waals surface area contributed by atoms with E-state index in [1.807, 2.05) is 37.5 Å². The van der Waals surface area contributed by atoms with Crippen molar-refractivity contribution in [1.82, 2.24) is 14.5 Å². The fourth-order valence-electron chi connectivity index (χ4n) is 4.71. The molecule has 0 aliphatic carbocycles. The number of hydrogen-bond donors (Lipinski definition) is 0. The Morgan fingerprint density at radius 1 is 1.10 bits per heavy atom. The maximum absolute atomic E-state index is 13.4. The van der Waals surface area contributed by atoms with Crippen LogP contribution in [0, 0.1) is 24.2 Å². The minimum atomic E-state index is -4.88. The fourth-order valence-corrected chi connectivity index (χ4v) is 4.71. The second-order valence-corrected chi connectivity index (χ2v) is 9.87. The lowest BCUT2D eigenvalue weighted by Crippen LogP contribution is -2.59. The quantitative estimate of drug-likeness (QED) is 0.384. The largest absolute Gasteiger partial charge is 0.573 e. The Labute approximate surface area is 224 Å². The summed E-state index contributed by atoms with van der Waals surface area (Å²) in [6.07, 6.45) is -2.62. The minimum absolute atomic E-state index is 0.126. The van der Waals surface area contributed by atoms with Gasteiger partial charge < -0.3 is 19.1 Å². The zero-order valence-corrected chi connectivity index (χ0v) is 21.8. The monoisotopic (exact) mass is 539 g/mol. The molecule has 0 saturated carbocycles. The highest BCUT2D eigenvalue weighted by Crippen LogP contribution is 2.30. The molecule has 3 aromatic rings. The van der Waals surface area contributed by atoms with Gasteiger partial charge in [0, 0.05) is 24.8 Å². The molecule has 2 heterocycles. The standard InChI is InChI=1S/C28H28F3N5O3/c1-18(2)11-23-16-35(22-5-4-6-25(12-22)39-28(29,30)31)26(37)27(38)36(23)17-24-14-33-19(3)34(24)15-21-9-7-20(13-32)8-10-21/h4-10,12,14,18,23H,11,15-17H2,1-3H3. The molecule has 11 heteroatoms. The topological polar surface area (TPSA) is 91.5 Å². The van der Waals surface area contributed by atoms with Crippen molar-refractivity contribution >= 4 is 17.5 Å². The predicted octanol–water partition coefficient (Wildman–Crippen LogP) is 4.80. The van der Waals surface area contributed by atoms with Crippen molar-refractivity contribution in [2.75, 3.05) is 11.4 Å². The zero-order valence-electron chi connectivity index (χ0n) is 21.8. The van der Waals surface area contributed by atoms with Crippen molar-refractivity contribution in [2.45, 2.75) is 52.7 Å². The van der Waals surface area contributed by atoms with E-state index < -0.39 is 23.9 Å². The molecule has 0 radical (unpaired) electrons. The summed E-state index contributed by atoms with van der Waals surface area (Å²) < 4.78 is 44.2. The molecule has 39 heavy (non-hydrogen) atoms. The number of piperazine rings is 1. The number of hydrogen-bond acceptors (Lipinski definition) is 5. The summed E-state index contributed by atoms with van der Waals surface area (Å²) in [5.74, 6) is -1.11. The first kappa shape index (κ1) is 27.7. The first-order chi connectivity index (χ1) is 18.4. The maximum atomic E-state index is 13.4. The summed E-state index contributed by atoms with van der Waals surface area (Å²) in [5, 5.41) is 9.05. The van der Waals surface area contributed by atoms with Crippen molar-refractivity contribution in [3.63, 3.8) is 0 Å². The van der Waals surface area contributed by atoms with E-state index in [1.54, 1.807) is 18.3 Å². The van der Waals surface area contributed by atoms with Gasteiger partial charge in [0.2, 0.25) is 0 Å². The molecule has 0 spiro atoms. The smallest absolute Gasteiger partial charge is 0.406 e. The van der Waals surface area contributed by atoms with Gasteiger partial charge in [-0.25, -0.2) is 4.98 Å². The van der Waals surface area contributed by atoms with Gasteiger partial charge in [-0.2, -0.15) is 5.26 Å². The van der Waals surface area contributed by atoms with Crippen LogP contribution in [0.3, 0.4) is 0 Å². The van der Waals surface area contributed by atoms with Crippen molar-refractivity contribution in [1.29, 1.82) is 5.26 Å². The lowest BCUT2D eigenvalue weighted by atomic mass is 9.98. The Morgan fingerprint density at radius 3 is 2.46 bits per heavy atom. The SMILES string of the molecule is Cc1ncc(CN2C(=O)C(=O)N(c3cccc(OC(F)(F)F)c3)CC2CC(C)C)n1Cc1ccc(C#N)cc1. The molecule has 2 amide bonds. The molecule has 1 aliphatic heterocycles. The molecule has 1 saturated heterocycles. The Hall–Kier alpha value is -4.33. The van der Waals surface area contributed by atoms with Crippen molar-refractivity contribution in [2.24, 2.45) is 5.92 Å². The number of aryl methyl sites for hydroxylation is 1. The van der Waals surface area contributed by atoms with Gasteiger partial charge in [0.05, 0.1) is 36.1 Å². The van der Waals surface area contributed by atoms with Gasteiger partial charge in [-0.1, -0.05) is 32.0 Å². The number of halogens is 3. The maximum Gasteiger partial charge on any atom is 0.573 e. The van der Waals surface area contributed by atoms with Crippen LogP contribution in [0.15, 0.2) is 54.7 Å². The first-order valence-corrected chi connectivity index (χ1v) is 12.4. The molecule has 1 atom stereocenters. The Morgan fingerprint density at radius 2 is 1.82 bits per heavy atom. The summed E-state index contributed by atoms with van der Waals surface area (Å²) in [6.45, 7) is 6.58. The Kier molecular flexibility index (Phi) is 7.95. The van der Waals surface area contributed by atoms with Gasteiger partial charge in [0.1, 0.15) is 11.6 Å². The van der Waals surface area contributed by atoms with Gasteiger partial charge in [-0.15, -0.1) is 13.2 Å². The fraction of sp³-hybridized carbons (Fsp3) is 0.357. The van der Waals surface area contributed by atoms with Crippen LogP contribution in [0.25, 0.3) is 0 Å². The van der Waals surface area contributed by atoms with E-state index in [0.717, 1.165) is 29.2 Å². The number of nitriles is 1. The van der Waals surface area contributed by atoms with E-state index in [2.05, 4.69) is 15.8 Å². The number of nitrogens with zero attached hydrogens (tertiary/aromatic N) is 5. The molecule has 1 unspecified atom stereocenters. The molecule has 2 aromatic carbocycles. The number of carbonyl (C=O) groups is 2. The van der Waals surface area contributed by atoms with Crippen LogP contribution in [-0.2, 0) is 22.7 Å². The minimum Gasteiger partial charge on any atom is -0.406 e. The summed E-state index contributed by atoms with van der Waals surface area (Å²) in [7, 11) is 0. The molecule has 0 bridgehead atoms. The number of amides is 2. The van der Waals surface area contributed by atoms with Gasteiger partial charge in [0.25, 0.3) is 0 Å². The number of aromatic nitrogens is 2. The predicted molar refractivity (Wildman–Crippen MR) is 136 cm³/mol. The number of anilines is 1. The van der Waals surface area contributed by atoms with Crippen LogP contribution >= 0.6 is 0 Å². The Balaban J connectivity index is 1.60. The van der Waals surface area contributed by atoms with Gasteiger partial charge in [-0.3, -0.25) is 9.59 Å². The number of ether oxygens (including phenoxy) is 1. The van der Waals surface area contributed by atoms with Crippen molar-refractivity contribution < 1.29 is 27.5 Å². The van der Waals surface area contributed by atoms with Gasteiger partial charge >= 0.3 is 18.2 Å². The third-order valence-corrected chi connectivity index (χ3v) is 6.52. The summed E-state index contributed by atoms with van der Waals surface area (Å²) >= 11 is 0. The average molecular weight is 540 g/mol. The summed E-state index contributed by atoms with van der Waals surface area (Å²) in [6, 6.07) is 14.0. The number of rotatable bonds is 8. The zero-order chi connectivity index (χ0) is 28.3. The van der Waals surface area contributed by atoms with Gasteiger partial charge in [-0.05, 0) is 49.1 Å². The van der Waals surface area contributed by atoms with E-state index in [1.165, 1.54) is 21.9 Å². The van der Waals surface area contributed by atoms with E-state index in [-0.39, 0.29) is 30.7 Å². The van der Waals surface area contributed by atoms with Crippen LogP contribution in [-0.4, -0.2) is 45.2 Å². The molecular formula is C28H28F3N5O3. The third kappa shape index (κ3) is 6.57. The average Bonchev–Trinajstić information content (AvgIpc) is 3.21. The van der Waals surface area contributed by atoms with E-state index in [0.29, 0.717) is 18.5 Å². The number of alkyl halides is 3. The highest BCUT2D eigenvalue weighted by molar-refractivity contribution is 6.41. The molecular weight excluding hydrogens is 511 g/mol. The molecule has 4 rings (SSSR count). The molecule has 1 fully saturated rings. The van der Waals surface area contributed by atoms with Crippen molar-refractivity contribution in [3.05, 3.63) is 77.4 Å². The van der Waals surface area contributed by atoms with Crippen LogP contribution in [0.2, 0.25) is 0 Å².